The zero-order chi connectivity index (χ0) is 13.0. The molecule has 7 heteroatoms. The van der Waals surface area contributed by atoms with Crippen molar-refractivity contribution in [3.63, 3.8) is 0 Å². The zero-order valence-corrected chi connectivity index (χ0v) is 9.92. The lowest BCUT2D eigenvalue weighted by atomic mass is 10.00. The number of nitrogens with one attached hydrogen (secondary N) is 2. The van der Waals surface area contributed by atoms with E-state index in [0.717, 1.165) is 5.56 Å². The normalized spacial score (nSPS) is 12.1. The van der Waals surface area contributed by atoms with Crippen LogP contribution in [0.1, 0.15) is 24.2 Å². The third-order valence-corrected chi connectivity index (χ3v) is 2.61. The van der Waals surface area contributed by atoms with E-state index in [-0.39, 0.29) is 18.4 Å². The molecule has 1 amide bonds. The Morgan fingerprint density at radius 1 is 1.56 bits per heavy atom. The van der Waals surface area contributed by atoms with Crippen LogP contribution in [0.2, 0.25) is 0 Å². The van der Waals surface area contributed by atoms with Gasteiger partial charge in [0, 0.05) is 5.69 Å². The summed E-state index contributed by atoms with van der Waals surface area (Å²) >= 11 is 0. The Balaban J connectivity index is 1.96. The van der Waals surface area contributed by atoms with Gasteiger partial charge in [0.05, 0.1) is 12.5 Å². The maximum atomic E-state index is 11.9. The number of rotatable bonds is 4. The number of nitrogen functional groups attached to an aromatic ring is 1. The number of nitrogens with zero attached hydrogens (tertiary/aromatic N) is 3. The topological polar surface area (TPSA) is 110 Å². The van der Waals surface area contributed by atoms with Crippen LogP contribution < -0.4 is 11.1 Å². The molecule has 0 saturated carbocycles. The third-order valence-electron chi connectivity index (χ3n) is 2.61. The number of H-pyrrole nitrogens is 1. The molecule has 0 bridgehead atoms. The number of carbonyl (C=O) groups excluding carboxylic acids is 1. The molecule has 0 radical (unpaired) electrons. The minimum atomic E-state index is -0.277. The molecule has 1 atom stereocenters. The number of aromatic amines is 1. The maximum Gasteiger partial charge on any atom is 0.227 e. The molecular formula is C11H14N6O. The van der Waals surface area contributed by atoms with Crippen molar-refractivity contribution < 1.29 is 4.79 Å². The fourth-order valence-electron chi connectivity index (χ4n) is 1.56. The molecule has 1 unspecified atom stereocenters. The summed E-state index contributed by atoms with van der Waals surface area (Å²) in [5, 5.41) is 16.0. The molecule has 4 N–H and O–H groups in total. The molecule has 0 spiro atoms. The van der Waals surface area contributed by atoms with Gasteiger partial charge in [-0.1, -0.05) is 17.3 Å². The molecule has 1 aromatic carbocycles. The first-order valence-corrected chi connectivity index (χ1v) is 5.52. The number of tetrazole rings is 1. The van der Waals surface area contributed by atoms with Crippen LogP contribution in [0.25, 0.3) is 0 Å². The molecule has 0 aliphatic heterocycles. The Kier molecular flexibility index (Phi) is 3.52. The SMILES string of the molecule is CC(C(=O)NCc1nn[nH]n1)c1cccc(N)c1. The highest BCUT2D eigenvalue weighted by Crippen LogP contribution is 2.17. The monoisotopic (exact) mass is 246 g/mol. The van der Waals surface area contributed by atoms with Crippen molar-refractivity contribution in [2.45, 2.75) is 19.4 Å². The van der Waals surface area contributed by atoms with E-state index in [4.69, 9.17) is 5.73 Å². The summed E-state index contributed by atoms with van der Waals surface area (Å²) in [7, 11) is 0. The van der Waals surface area contributed by atoms with Gasteiger partial charge in [0.1, 0.15) is 0 Å². The van der Waals surface area contributed by atoms with Crippen LogP contribution >= 0.6 is 0 Å². The van der Waals surface area contributed by atoms with E-state index in [1.54, 1.807) is 12.1 Å². The number of aromatic nitrogens is 4. The smallest absolute Gasteiger partial charge is 0.227 e. The molecule has 18 heavy (non-hydrogen) atoms. The first-order valence-electron chi connectivity index (χ1n) is 5.52. The lowest BCUT2D eigenvalue weighted by Crippen LogP contribution is -2.28. The van der Waals surface area contributed by atoms with Gasteiger partial charge in [-0.05, 0) is 24.6 Å². The Morgan fingerprint density at radius 2 is 2.39 bits per heavy atom. The summed E-state index contributed by atoms with van der Waals surface area (Å²) in [6.45, 7) is 2.07. The highest BCUT2D eigenvalue weighted by atomic mass is 16.1. The second-order valence-corrected chi connectivity index (χ2v) is 3.94. The Labute approximate surface area is 104 Å². The minimum Gasteiger partial charge on any atom is -0.399 e. The summed E-state index contributed by atoms with van der Waals surface area (Å²) in [6.07, 6.45) is 0. The van der Waals surface area contributed by atoms with Crippen LogP contribution in [0, 0.1) is 0 Å². The molecule has 7 nitrogen and oxygen atoms in total. The van der Waals surface area contributed by atoms with Crippen LogP contribution in [0.3, 0.4) is 0 Å². The van der Waals surface area contributed by atoms with E-state index < -0.39 is 0 Å². The molecule has 0 aliphatic rings. The highest BCUT2D eigenvalue weighted by Gasteiger charge is 2.15. The second-order valence-electron chi connectivity index (χ2n) is 3.94. The van der Waals surface area contributed by atoms with Crippen molar-refractivity contribution in [1.82, 2.24) is 25.9 Å². The molecule has 94 valence electrons. The van der Waals surface area contributed by atoms with E-state index in [1.807, 2.05) is 19.1 Å². The molecule has 1 heterocycles. The average Bonchev–Trinajstić information content (AvgIpc) is 2.88. The van der Waals surface area contributed by atoms with Crippen molar-refractivity contribution in [3.8, 4) is 0 Å². The Hall–Kier alpha value is -2.44. The summed E-state index contributed by atoms with van der Waals surface area (Å²) in [6, 6.07) is 7.27. The van der Waals surface area contributed by atoms with Gasteiger partial charge in [0.15, 0.2) is 5.82 Å². The van der Waals surface area contributed by atoms with Crippen LogP contribution in [-0.2, 0) is 11.3 Å². The number of anilines is 1. The van der Waals surface area contributed by atoms with Crippen LogP contribution in [0.15, 0.2) is 24.3 Å². The van der Waals surface area contributed by atoms with E-state index in [2.05, 4.69) is 25.9 Å². The third kappa shape index (κ3) is 2.82. The first kappa shape index (κ1) is 12.0. The molecular weight excluding hydrogens is 232 g/mol. The van der Waals surface area contributed by atoms with Gasteiger partial charge >= 0.3 is 0 Å². The van der Waals surface area contributed by atoms with Gasteiger partial charge in [0.2, 0.25) is 5.91 Å². The Bertz CT molecular complexity index is 524. The second kappa shape index (κ2) is 5.26. The number of benzene rings is 1. The quantitative estimate of drug-likeness (QED) is 0.668. The predicted molar refractivity (Wildman–Crippen MR) is 65.3 cm³/mol. The van der Waals surface area contributed by atoms with E-state index in [1.165, 1.54) is 0 Å². The van der Waals surface area contributed by atoms with Gasteiger partial charge < -0.3 is 11.1 Å². The first-order chi connectivity index (χ1) is 8.66. The molecule has 0 aliphatic carbocycles. The van der Waals surface area contributed by atoms with Crippen molar-refractivity contribution in [3.05, 3.63) is 35.7 Å². The number of carbonyl (C=O) groups is 1. The van der Waals surface area contributed by atoms with Gasteiger partial charge in [-0.25, -0.2) is 0 Å². The summed E-state index contributed by atoms with van der Waals surface area (Å²) in [5.41, 5.74) is 7.20. The van der Waals surface area contributed by atoms with E-state index in [9.17, 15) is 4.79 Å². The minimum absolute atomic E-state index is 0.106. The van der Waals surface area contributed by atoms with Gasteiger partial charge in [-0.15, -0.1) is 10.2 Å². The lowest BCUT2D eigenvalue weighted by Gasteiger charge is -2.11. The number of hydrogen-bond acceptors (Lipinski definition) is 5. The Morgan fingerprint density at radius 3 is 3.06 bits per heavy atom. The van der Waals surface area contributed by atoms with E-state index in [0.29, 0.717) is 11.5 Å². The molecule has 0 saturated heterocycles. The average molecular weight is 246 g/mol. The van der Waals surface area contributed by atoms with Crippen molar-refractivity contribution in [1.29, 1.82) is 0 Å². The fourth-order valence-corrected chi connectivity index (χ4v) is 1.56. The predicted octanol–water partition coefficient (Wildman–Crippen LogP) is 0.202. The van der Waals surface area contributed by atoms with Crippen molar-refractivity contribution >= 4 is 11.6 Å². The summed E-state index contributed by atoms with van der Waals surface area (Å²) in [4.78, 5) is 11.9. The zero-order valence-electron chi connectivity index (χ0n) is 9.92. The van der Waals surface area contributed by atoms with Crippen LogP contribution in [-0.4, -0.2) is 26.5 Å². The molecule has 0 fully saturated rings. The number of amides is 1. The number of hydrogen-bond donors (Lipinski definition) is 3. The summed E-state index contributed by atoms with van der Waals surface area (Å²) in [5.74, 6) is 0.0638. The standard InChI is InChI=1S/C11H14N6O/c1-7(8-3-2-4-9(12)5-8)11(18)13-6-10-14-16-17-15-10/h2-5,7H,6,12H2,1H3,(H,13,18)(H,14,15,16,17). The highest BCUT2D eigenvalue weighted by molar-refractivity contribution is 5.83. The number of nitrogens with two attached hydrogens (primary N) is 1. The summed E-state index contributed by atoms with van der Waals surface area (Å²) < 4.78 is 0. The maximum absolute atomic E-state index is 11.9. The van der Waals surface area contributed by atoms with Crippen LogP contribution in [0.4, 0.5) is 5.69 Å². The van der Waals surface area contributed by atoms with Crippen molar-refractivity contribution in [2.75, 3.05) is 5.73 Å². The lowest BCUT2D eigenvalue weighted by molar-refractivity contribution is -0.122. The molecule has 2 rings (SSSR count). The molecule has 2 aromatic rings. The fraction of sp³-hybridized carbons (Fsp3) is 0.273. The van der Waals surface area contributed by atoms with Gasteiger partial charge in [-0.3, -0.25) is 4.79 Å². The van der Waals surface area contributed by atoms with E-state index >= 15 is 0 Å². The molecule has 1 aromatic heterocycles. The van der Waals surface area contributed by atoms with Gasteiger partial charge in [0.25, 0.3) is 0 Å². The van der Waals surface area contributed by atoms with Gasteiger partial charge in [-0.2, -0.15) is 5.21 Å². The van der Waals surface area contributed by atoms with Crippen molar-refractivity contribution in [2.24, 2.45) is 0 Å². The van der Waals surface area contributed by atoms with Crippen LogP contribution in [0.5, 0.6) is 0 Å². The largest absolute Gasteiger partial charge is 0.399 e.